The highest BCUT2D eigenvalue weighted by Gasteiger charge is 2.23. The largest absolute Gasteiger partial charge is 0.303 e. The van der Waals surface area contributed by atoms with Crippen molar-refractivity contribution in [1.29, 1.82) is 0 Å². The van der Waals surface area contributed by atoms with E-state index in [1.54, 1.807) is 0 Å². The van der Waals surface area contributed by atoms with Gasteiger partial charge >= 0.3 is 0 Å². The smallest absolute Gasteiger partial charge is 0.00100 e. The van der Waals surface area contributed by atoms with Gasteiger partial charge < -0.3 is 4.90 Å². The van der Waals surface area contributed by atoms with Crippen molar-refractivity contribution in [2.24, 2.45) is 11.8 Å². The summed E-state index contributed by atoms with van der Waals surface area (Å²) in [6, 6.07) is 0. The molecule has 2 heteroatoms. The maximum absolute atomic E-state index is 2.52. The van der Waals surface area contributed by atoms with E-state index in [-0.39, 0.29) is 17.0 Å². The summed E-state index contributed by atoms with van der Waals surface area (Å²) >= 11 is 0. The Morgan fingerprint density at radius 3 is 1.80 bits per heavy atom. The van der Waals surface area contributed by atoms with Crippen LogP contribution in [0.1, 0.15) is 20.8 Å². The van der Waals surface area contributed by atoms with E-state index in [4.69, 9.17) is 0 Å². The zero-order valence-electron chi connectivity index (χ0n) is 7.13. The monoisotopic (exact) mass is 207 g/mol. The van der Waals surface area contributed by atoms with E-state index in [1.807, 2.05) is 0 Å². The van der Waals surface area contributed by atoms with Crippen LogP contribution < -0.4 is 0 Å². The molecule has 1 saturated heterocycles. The standard InChI is InChI=1S/C8H17N.BrH/c1-4-9-5-7(2)8(3)6-9;/h7-8H,4-6H2,1-3H3;1H. The van der Waals surface area contributed by atoms with E-state index in [9.17, 15) is 0 Å². The molecular formula is C8H18BrN. The average molecular weight is 208 g/mol. The Morgan fingerprint density at radius 2 is 1.60 bits per heavy atom. The summed E-state index contributed by atoms with van der Waals surface area (Å²) in [6.45, 7) is 10.8. The van der Waals surface area contributed by atoms with Crippen molar-refractivity contribution in [2.75, 3.05) is 19.6 Å². The minimum absolute atomic E-state index is 0. The molecule has 0 spiro atoms. The molecule has 0 aliphatic carbocycles. The summed E-state index contributed by atoms with van der Waals surface area (Å²) in [4.78, 5) is 2.52. The predicted molar refractivity (Wildman–Crippen MR) is 50.8 cm³/mol. The summed E-state index contributed by atoms with van der Waals surface area (Å²) in [5, 5.41) is 0. The van der Waals surface area contributed by atoms with Crippen LogP contribution in [0.5, 0.6) is 0 Å². The van der Waals surface area contributed by atoms with Crippen molar-refractivity contribution in [3.63, 3.8) is 0 Å². The Balaban J connectivity index is 0.000000810. The fraction of sp³-hybridized carbons (Fsp3) is 1.00. The molecule has 0 amide bonds. The zero-order chi connectivity index (χ0) is 6.85. The van der Waals surface area contributed by atoms with Crippen molar-refractivity contribution >= 4 is 17.0 Å². The summed E-state index contributed by atoms with van der Waals surface area (Å²) in [5.74, 6) is 1.84. The minimum atomic E-state index is 0. The Labute approximate surface area is 74.6 Å². The third-order valence-corrected chi connectivity index (χ3v) is 2.51. The number of likely N-dealkylation sites (tertiary alicyclic amines) is 1. The number of rotatable bonds is 1. The molecule has 0 aromatic carbocycles. The first-order valence-corrected chi connectivity index (χ1v) is 3.96. The lowest BCUT2D eigenvalue weighted by Gasteiger charge is -2.10. The molecule has 1 fully saturated rings. The first-order chi connectivity index (χ1) is 4.24. The summed E-state index contributed by atoms with van der Waals surface area (Å²) in [7, 11) is 0. The van der Waals surface area contributed by atoms with E-state index < -0.39 is 0 Å². The maximum atomic E-state index is 2.52. The molecule has 2 atom stereocenters. The fourth-order valence-electron chi connectivity index (χ4n) is 1.51. The number of hydrogen-bond acceptors (Lipinski definition) is 1. The van der Waals surface area contributed by atoms with E-state index in [0.29, 0.717) is 0 Å². The van der Waals surface area contributed by atoms with Crippen molar-refractivity contribution in [3.05, 3.63) is 0 Å². The topological polar surface area (TPSA) is 3.24 Å². The van der Waals surface area contributed by atoms with Gasteiger partial charge in [0.05, 0.1) is 0 Å². The first-order valence-electron chi connectivity index (χ1n) is 3.96. The van der Waals surface area contributed by atoms with Crippen molar-refractivity contribution in [1.82, 2.24) is 4.90 Å². The Morgan fingerprint density at radius 1 is 1.20 bits per heavy atom. The average Bonchev–Trinajstić information content (AvgIpc) is 2.13. The molecule has 0 aromatic rings. The summed E-state index contributed by atoms with van der Waals surface area (Å²) in [6.07, 6.45) is 0. The predicted octanol–water partition coefficient (Wildman–Crippen LogP) is 2.17. The van der Waals surface area contributed by atoms with Gasteiger partial charge in [0.15, 0.2) is 0 Å². The Bertz CT molecular complexity index is 85.3. The van der Waals surface area contributed by atoms with Crippen LogP contribution >= 0.6 is 17.0 Å². The normalized spacial score (nSPS) is 33.9. The number of nitrogens with zero attached hydrogens (tertiary/aromatic N) is 1. The van der Waals surface area contributed by atoms with Gasteiger partial charge in [-0.3, -0.25) is 0 Å². The van der Waals surface area contributed by atoms with Crippen LogP contribution in [0.4, 0.5) is 0 Å². The molecule has 1 heterocycles. The highest BCUT2D eigenvalue weighted by atomic mass is 79.9. The lowest BCUT2D eigenvalue weighted by atomic mass is 10.0. The van der Waals surface area contributed by atoms with Gasteiger partial charge in [-0.25, -0.2) is 0 Å². The molecule has 10 heavy (non-hydrogen) atoms. The van der Waals surface area contributed by atoms with Crippen LogP contribution in [-0.2, 0) is 0 Å². The van der Waals surface area contributed by atoms with Gasteiger partial charge in [0.1, 0.15) is 0 Å². The quantitative estimate of drug-likeness (QED) is 0.638. The van der Waals surface area contributed by atoms with Crippen LogP contribution in [0.15, 0.2) is 0 Å². The SMILES string of the molecule is Br.CCN1CC(C)C(C)C1. The van der Waals surface area contributed by atoms with Gasteiger partial charge in [-0.15, -0.1) is 17.0 Å². The second-order valence-corrected chi connectivity index (χ2v) is 3.31. The first kappa shape index (κ1) is 10.4. The Hall–Kier alpha value is 0.440. The molecule has 0 saturated carbocycles. The molecular weight excluding hydrogens is 190 g/mol. The number of halogens is 1. The third-order valence-electron chi connectivity index (χ3n) is 2.51. The highest BCUT2D eigenvalue weighted by Crippen LogP contribution is 2.20. The maximum Gasteiger partial charge on any atom is 0.00100 e. The van der Waals surface area contributed by atoms with Crippen LogP contribution in [0.25, 0.3) is 0 Å². The molecule has 1 nitrogen and oxygen atoms in total. The molecule has 62 valence electrons. The Kier molecular flexibility index (Phi) is 4.54. The second kappa shape index (κ2) is 4.35. The van der Waals surface area contributed by atoms with Gasteiger partial charge in [-0.2, -0.15) is 0 Å². The van der Waals surface area contributed by atoms with Crippen molar-refractivity contribution in [3.8, 4) is 0 Å². The van der Waals surface area contributed by atoms with Crippen molar-refractivity contribution < 1.29 is 0 Å². The van der Waals surface area contributed by atoms with Crippen LogP contribution in [-0.4, -0.2) is 24.5 Å². The molecule has 0 radical (unpaired) electrons. The van der Waals surface area contributed by atoms with E-state index >= 15 is 0 Å². The zero-order valence-corrected chi connectivity index (χ0v) is 8.84. The van der Waals surface area contributed by atoms with Crippen LogP contribution in [0.3, 0.4) is 0 Å². The fourth-order valence-corrected chi connectivity index (χ4v) is 1.51. The van der Waals surface area contributed by atoms with Gasteiger partial charge in [-0.1, -0.05) is 20.8 Å². The minimum Gasteiger partial charge on any atom is -0.303 e. The summed E-state index contributed by atoms with van der Waals surface area (Å²) < 4.78 is 0. The van der Waals surface area contributed by atoms with Gasteiger partial charge in [-0.05, 0) is 18.4 Å². The van der Waals surface area contributed by atoms with E-state index in [1.165, 1.54) is 19.6 Å². The van der Waals surface area contributed by atoms with Gasteiger partial charge in [0.25, 0.3) is 0 Å². The van der Waals surface area contributed by atoms with E-state index in [2.05, 4.69) is 25.7 Å². The molecule has 0 aromatic heterocycles. The van der Waals surface area contributed by atoms with Gasteiger partial charge in [0, 0.05) is 13.1 Å². The van der Waals surface area contributed by atoms with Crippen molar-refractivity contribution in [2.45, 2.75) is 20.8 Å². The lowest BCUT2D eigenvalue weighted by molar-refractivity contribution is 0.342. The van der Waals surface area contributed by atoms with Crippen LogP contribution in [0.2, 0.25) is 0 Å². The molecule has 2 unspecified atom stereocenters. The molecule has 1 rings (SSSR count). The molecule has 1 aliphatic heterocycles. The van der Waals surface area contributed by atoms with Crippen LogP contribution in [0, 0.1) is 11.8 Å². The third kappa shape index (κ3) is 2.24. The van der Waals surface area contributed by atoms with E-state index in [0.717, 1.165) is 11.8 Å². The number of hydrogen-bond donors (Lipinski definition) is 0. The summed E-state index contributed by atoms with van der Waals surface area (Å²) in [5.41, 5.74) is 0. The lowest BCUT2D eigenvalue weighted by Crippen LogP contribution is -2.19. The molecule has 0 N–H and O–H groups in total. The highest BCUT2D eigenvalue weighted by molar-refractivity contribution is 8.93. The molecule has 1 aliphatic rings. The molecule has 0 bridgehead atoms. The van der Waals surface area contributed by atoms with Gasteiger partial charge in [0.2, 0.25) is 0 Å². The second-order valence-electron chi connectivity index (χ2n) is 3.31.